The van der Waals surface area contributed by atoms with Crippen LogP contribution in [0, 0.1) is 46.3 Å². The van der Waals surface area contributed by atoms with Crippen molar-refractivity contribution in [3.8, 4) is 0 Å². The summed E-state index contributed by atoms with van der Waals surface area (Å²) in [7, 11) is 0. The summed E-state index contributed by atoms with van der Waals surface area (Å²) in [6, 6.07) is 0. The van der Waals surface area contributed by atoms with Gasteiger partial charge in [-0.15, -0.1) is 0 Å². The molecule has 4 saturated carbocycles. The highest BCUT2D eigenvalue weighted by Gasteiger charge is 2.66. The van der Waals surface area contributed by atoms with Gasteiger partial charge in [0.05, 0.1) is 0 Å². The Morgan fingerprint density at radius 2 is 1.83 bits per heavy atom. The van der Waals surface area contributed by atoms with Crippen LogP contribution in [0.15, 0.2) is 0 Å². The van der Waals surface area contributed by atoms with Crippen LogP contribution in [-0.4, -0.2) is 28.4 Å². The summed E-state index contributed by atoms with van der Waals surface area (Å²) < 4.78 is 0. The van der Waals surface area contributed by atoms with Gasteiger partial charge in [-0.1, -0.05) is 20.8 Å². The Balaban J connectivity index is 1.63. The summed E-state index contributed by atoms with van der Waals surface area (Å²) in [6.45, 7) is 6.37. The molecule has 0 aromatic heterocycles. The maximum atomic E-state index is 13.6. The first-order valence-corrected chi connectivity index (χ1v) is 11.4. The monoisotopic (exact) mass is 402 g/mol. The molecule has 29 heavy (non-hydrogen) atoms. The van der Waals surface area contributed by atoms with Gasteiger partial charge in [-0.25, -0.2) is 0 Å². The third-order valence-electron chi connectivity index (χ3n) is 9.72. The minimum atomic E-state index is -0.792. The average Bonchev–Trinajstić information content (AvgIpc) is 3.01. The molecule has 0 bridgehead atoms. The van der Waals surface area contributed by atoms with E-state index in [1.807, 2.05) is 0 Å². The molecule has 160 valence electrons. The van der Waals surface area contributed by atoms with Crippen molar-refractivity contribution in [1.82, 2.24) is 0 Å². The fourth-order valence-corrected chi connectivity index (χ4v) is 7.94. The molecule has 0 unspecified atom stereocenters. The van der Waals surface area contributed by atoms with Gasteiger partial charge >= 0.3 is 5.97 Å². The Morgan fingerprint density at radius 3 is 2.52 bits per heavy atom. The zero-order chi connectivity index (χ0) is 21.1. The fourth-order valence-electron chi connectivity index (χ4n) is 7.94. The number of carboxylic acids is 1. The number of ketones is 3. The highest BCUT2D eigenvalue weighted by atomic mass is 16.4. The van der Waals surface area contributed by atoms with Crippen molar-refractivity contribution < 1.29 is 24.3 Å². The molecular formula is C24H34O5. The van der Waals surface area contributed by atoms with E-state index in [0.717, 1.165) is 19.3 Å². The number of hydrogen-bond acceptors (Lipinski definition) is 4. The number of carbonyl (C=O) groups is 4. The molecule has 0 aromatic carbocycles. The third-order valence-corrected chi connectivity index (χ3v) is 9.72. The van der Waals surface area contributed by atoms with Crippen LogP contribution in [0.5, 0.6) is 0 Å². The zero-order valence-electron chi connectivity index (χ0n) is 17.9. The molecular weight excluding hydrogens is 368 g/mol. The van der Waals surface area contributed by atoms with E-state index in [4.69, 9.17) is 5.11 Å². The van der Waals surface area contributed by atoms with Crippen molar-refractivity contribution in [2.24, 2.45) is 46.3 Å². The zero-order valence-corrected chi connectivity index (χ0v) is 17.9. The Hall–Kier alpha value is -1.52. The van der Waals surface area contributed by atoms with Gasteiger partial charge in [-0.3, -0.25) is 19.2 Å². The first-order chi connectivity index (χ1) is 13.6. The van der Waals surface area contributed by atoms with Crippen LogP contribution in [0.25, 0.3) is 0 Å². The van der Waals surface area contributed by atoms with Crippen molar-refractivity contribution in [2.75, 3.05) is 0 Å². The van der Waals surface area contributed by atoms with E-state index in [1.54, 1.807) is 0 Å². The topological polar surface area (TPSA) is 88.5 Å². The Bertz CT molecular complexity index is 756. The van der Waals surface area contributed by atoms with Crippen molar-refractivity contribution in [3.05, 3.63) is 0 Å². The normalized spacial score (nSPS) is 45.3. The second-order valence-electron chi connectivity index (χ2n) is 10.9. The van der Waals surface area contributed by atoms with Gasteiger partial charge in [-0.05, 0) is 60.7 Å². The molecule has 0 radical (unpaired) electrons. The first-order valence-electron chi connectivity index (χ1n) is 11.4. The molecule has 0 aliphatic heterocycles. The number of carboxylic acid groups (broad SMARTS) is 1. The van der Waals surface area contributed by atoms with Gasteiger partial charge in [-0.2, -0.15) is 0 Å². The fraction of sp³-hybridized carbons (Fsp3) is 0.833. The highest BCUT2D eigenvalue weighted by molar-refractivity contribution is 5.93. The summed E-state index contributed by atoms with van der Waals surface area (Å²) in [5, 5.41) is 9.06. The van der Waals surface area contributed by atoms with Crippen LogP contribution in [-0.2, 0) is 19.2 Å². The van der Waals surface area contributed by atoms with E-state index in [2.05, 4.69) is 20.8 Å². The molecule has 4 aliphatic rings. The number of rotatable bonds is 4. The molecule has 4 rings (SSSR count). The van der Waals surface area contributed by atoms with Crippen LogP contribution in [0.3, 0.4) is 0 Å². The number of Topliss-reactive ketones (excluding diaryl/α,β-unsaturated/α-hetero) is 3. The largest absolute Gasteiger partial charge is 0.481 e. The lowest BCUT2D eigenvalue weighted by atomic mass is 9.44. The van der Waals surface area contributed by atoms with E-state index in [1.165, 1.54) is 0 Å². The quantitative estimate of drug-likeness (QED) is 0.766. The Kier molecular flexibility index (Phi) is 5.02. The van der Waals surface area contributed by atoms with Crippen molar-refractivity contribution in [2.45, 2.75) is 78.6 Å². The maximum absolute atomic E-state index is 13.6. The maximum Gasteiger partial charge on any atom is 0.303 e. The van der Waals surface area contributed by atoms with E-state index in [9.17, 15) is 19.2 Å². The summed E-state index contributed by atoms with van der Waals surface area (Å²) in [5.74, 6) is 0.524. The summed E-state index contributed by atoms with van der Waals surface area (Å²) in [4.78, 5) is 50.0. The molecule has 5 nitrogen and oxygen atoms in total. The molecule has 0 amide bonds. The lowest BCUT2D eigenvalue weighted by Gasteiger charge is -2.58. The number of hydrogen-bond donors (Lipinski definition) is 1. The standard InChI is InChI=1S/C24H34O5/c1-13(4-7-21(28)29)16-5-6-17-22-18(12-20(27)24(16,17)3)23(2)9-8-15(25)10-14(23)11-19(22)26/h13-14,16-18,22H,4-12H2,1-3H3,(H,28,29)/t13-,14+,16-,17+,18-,22+,23+,24-/m1/s1. The van der Waals surface area contributed by atoms with Crippen molar-refractivity contribution in [3.63, 3.8) is 0 Å². The van der Waals surface area contributed by atoms with E-state index >= 15 is 0 Å². The first kappa shape index (κ1) is 20.7. The number of aliphatic carboxylic acids is 1. The summed E-state index contributed by atoms with van der Waals surface area (Å²) in [6.07, 6.45) is 5.33. The van der Waals surface area contributed by atoms with Crippen LogP contribution in [0.4, 0.5) is 0 Å². The molecule has 8 atom stereocenters. The number of carbonyl (C=O) groups excluding carboxylic acids is 3. The van der Waals surface area contributed by atoms with Gasteiger partial charge in [0.2, 0.25) is 0 Å². The second kappa shape index (κ2) is 7.02. The molecule has 5 heteroatoms. The highest BCUT2D eigenvalue weighted by Crippen LogP contribution is 2.66. The molecule has 4 fully saturated rings. The second-order valence-corrected chi connectivity index (χ2v) is 10.9. The molecule has 0 spiro atoms. The van der Waals surface area contributed by atoms with Crippen LogP contribution >= 0.6 is 0 Å². The summed E-state index contributed by atoms with van der Waals surface area (Å²) >= 11 is 0. The van der Waals surface area contributed by atoms with Crippen molar-refractivity contribution >= 4 is 23.3 Å². The van der Waals surface area contributed by atoms with Crippen LogP contribution in [0.1, 0.15) is 78.6 Å². The van der Waals surface area contributed by atoms with E-state index < -0.39 is 11.4 Å². The van der Waals surface area contributed by atoms with Gasteiger partial charge in [0, 0.05) is 43.4 Å². The molecule has 0 heterocycles. The smallest absolute Gasteiger partial charge is 0.303 e. The lowest BCUT2D eigenvalue weighted by molar-refractivity contribution is -0.166. The minimum absolute atomic E-state index is 0.0659. The van der Waals surface area contributed by atoms with Gasteiger partial charge in [0.25, 0.3) is 0 Å². The predicted octanol–water partition coefficient (Wildman–Crippen LogP) is 4.07. The summed E-state index contributed by atoms with van der Waals surface area (Å²) in [5.41, 5.74) is -0.598. The van der Waals surface area contributed by atoms with Gasteiger partial charge in [0.15, 0.2) is 0 Å². The van der Waals surface area contributed by atoms with Crippen LogP contribution in [0.2, 0.25) is 0 Å². The van der Waals surface area contributed by atoms with Gasteiger partial charge < -0.3 is 5.11 Å². The van der Waals surface area contributed by atoms with Gasteiger partial charge in [0.1, 0.15) is 17.3 Å². The van der Waals surface area contributed by atoms with E-state index in [-0.39, 0.29) is 64.7 Å². The molecule has 1 N–H and O–H groups in total. The minimum Gasteiger partial charge on any atom is -0.481 e. The molecule has 0 saturated heterocycles. The SMILES string of the molecule is C[C@H](CCC(=O)O)[C@H]1CC[C@H]2[C@@H]3C(=O)C[C@@H]4CC(=O)CC[C@]4(C)[C@@H]3CC(=O)[C@]12C. The lowest BCUT2D eigenvalue weighted by Crippen LogP contribution is -2.60. The van der Waals surface area contributed by atoms with E-state index in [0.29, 0.717) is 32.1 Å². The molecule has 0 aromatic rings. The van der Waals surface area contributed by atoms with Crippen LogP contribution < -0.4 is 0 Å². The predicted molar refractivity (Wildman–Crippen MR) is 107 cm³/mol. The van der Waals surface area contributed by atoms with Crippen molar-refractivity contribution in [1.29, 1.82) is 0 Å². The molecule has 4 aliphatic carbocycles. The number of fused-ring (bicyclic) bond motifs is 5. The average molecular weight is 403 g/mol. The third kappa shape index (κ3) is 3.02. The Labute approximate surface area is 173 Å². The Morgan fingerprint density at radius 1 is 1.10 bits per heavy atom.